The molecule has 30 heavy (non-hydrogen) atoms. The van der Waals surface area contributed by atoms with Crippen LogP contribution in [0, 0.1) is 0 Å². The topological polar surface area (TPSA) is 72.4 Å². The molecule has 1 aromatic heterocycles. The maximum atomic E-state index is 12.0. The number of carbonyl (C=O) groups excluding carboxylic acids is 1. The van der Waals surface area contributed by atoms with Crippen LogP contribution in [0.15, 0.2) is 22.5 Å². The molecule has 2 aliphatic heterocycles. The molecule has 9 heteroatoms. The molecule has 8 nitrogen and oxygen atoms in total. The van der Waals surface area contributed by atoms with Crippen LogP contribution in [0.25, 0.3) is 0 Å². The molecule has 0 saturated carbocycles. The van der Waals surface area contributed by atoms with E-state index in [9.17, 15) is 4.79 Å². The van der Waals surface area contributed by atoms with Crippen molar-refractivity contribution in [3.63, 3.8) is 0 Å². The first-order valence-corrected chi connectivity index (χ1v) is 11.8. The maximum absolute atomic E-state index is 12.0. The molecule has 1 amide bonds. The van der Waals surface area contributed by atoms with Crippen molar-refractivity contribution < 1.29 is 9.53 Å². The number of guanidine groups is 1. The molecule has 0 spiro atoms. The van der Waals surface area contributed by atoms with Crippen LogP contribution in [0.5, 0.6) is 0 Å². The number of nitrogens with zero attached hydrogens (tertiary/aromatic N) is 4. The normalized spacial score (nSPS) is 19.6. The summed E-state index contributed by atoms with van der Waals surface area (Å²) in [6.07, 6.45) is 2.52. The molecule has 168 valence electrons. The predicted octanol–water partition coefficient (Wildman–Crippen LogP) is 0.841. The summed E-state index contributed by atoms with van der Waals surface area (Å²) in [7, 11) is 3.52. The number of thiophene rings is 1. The molecule has 2 saturated heterocycles. The molecule has 0 aromatic carbocycles. The molecule has 2 fully saturated rings. The van der Waals surface area contributed by atoms with Crippen molar-refractivity contribution in [2.45, 2.75) is 18.9 Å². The third-order valence-electron chi connectivity index (χ3n) is 5.61. The number of amides is 1. The SMILES string of the molecule is CN(C)C(=O)CN=C(NCCN1CCOCC1)NCC(c1cccs1)N1CCCC1. The number of carbonyl (C=O) groups is 1. The molecule has 0 bridgehead atoms. The molecule has 0 radical (unpaired) electrons. The molecule has 0 aliphatic carbocycles. The number of hydrogen-bond acceptors (Lipinski definition) is 6. The highest BCUT2D eigenvalue weighted by Gasteiger charge is 2.24. The van der Waals surface area contributed by atoms with Crippen LogP contribution in [0.1, 0.15) is 23.8 Å². The summed E-state index contributed by atoms with van der Waals surface area (Å²) >= 11 is 1.81. The van der Waals surface area contributed by atoms with E-state index in [1.165, 1.54) is 17.7 Å². The van der Waals surface area contributed by atoms with E-state index in [4.69, 9.17) is 4.74 Å². The highest BCUT2D eigenvalue weighted by molar-refractivity contribution is 7.10. The number of nitrogens with one attached hydrogen (secondary N) is 2. The van der Waals surface area contributed by atoms with Crippen LogP contribution in [-0.2, 0) is 9.53 Å². The van der Waals surface area contributed by atoms with Gasteiger partial charge in [0.05, 0.1) is 19.3 Å². The summed E-state index contributed by atoms with van der Waals surface area (Å²) in [5.74, 6) is 0.706. The second kappa shape index (κ2) is 12.2. The highest BCUT2D eigenvalue weighted by Crippen LogP contribution is 2.27. The zero-order valence-electron chi connectivity index (χ0n) is 18.3. The van der Waals surface area contributed by atoms with Crippen LogP contribution in [0.4, 0.5) is 0 Å². The first-order valence-electron chi connectivity index (χ1n) is 10.9. The molecule has 2 N–H and O–H groups in total. The summed E-state index contributed by atoms with van der Waals surface area (Å²) in [6, 6.07) is 4.67. The monoisotopic (exact) mass is 436 g/mol. The van der Waals surface area contributed by atoms with Crippen LogP contribution >= 0.6 is 11.3 Å². The zero-order chi connectivity index (χ0) is 21.2. The van der Waals surface area contributed by atoms with Crippen molar-refractivity contribution in [3.05, 3.63) is 22.4 Å². The smallest absolute Gasteiger partial charge is 0.243 e. The van der Waals surface area contributed by atoms with Crippen molar-refractivity contribution in [1.29, 1.82) is 0 Å². The number of likely N-dealkylation sites (N-methyl/N-ethyl adjacent to an activating group) is 1. The third kappa shape index (κ3) is 7.23. The Labute approximate surface area is 184 Å². The van der Waals surface area contributed by atoms with Crippen molar-refractivity contribution in [2.24, 2.45) is 4.99 Å². The van der Waals surface area contributed by atoms with Crippen molar-refractivity contribution in [2.75, 3.05) is 79.7 Å². The van der Waals surface area contributed by atoms with E-state index in [0.29, 0.717) is 12.0 Å². The lowest BCUT2D eigenvalue weighted by atomic mass is 10.2. The Morgan fingerprint density at radius 2 is 2.00 bits per heavy atom. The van der Waals surface area contributed by atoms with E-state index >= 15 is 0 Å². The molecular weight excluding hydrogens is 400 g/mol. The van der Waals surface area contributed by atoms with Gasteiger partial charge >= 0.3 is 0 Å². The third-order valence-corrected chi connectivity index (χ3v) is 6.58. The van der Waals surface area contributed by atoms with Gasteiger partial charge in [-0.05, 0) is 37.4 Å². The van der Waals surface area contributed by atoms with E-state index in [1.807, 2.05) is 11.3 Å². The van der Waals surface area contributed by atoms with E-state index in [0.717, 1.165) is 59.0 Å². The van der Waals surface area contributed by atoms with Gasteiger partial charge in [0.1, 0.15) is 6.54 Å². The largest absolute Gasteiger partial charge is 0.379 e. The molecule has 2 aliphatic rings. The van der Waals surface area contributed by atoms with Gasteiger partial charge in [-0.25, -0.2) is 4.99 Å². The molecular formula is C21H36N6O2S. The van der Waals surface area contributed by atoms with E-state index in [2.05, 4.69) is 42.9 Å². The van der Waals surface area contributed by atoms with Crippen LogP contribution in [0.2, 0.25) is 0 Å². The fraction of sp³-hybridized carbons (Fsp3) is 0.714. The number of likely N-dealkylation sites (tertiary alicyclic amines) is 1. The van der Waals surface area contributed by atoms with Gasteiger partial charge in [0.25, 0.3) is 0 Å². The standard InChI is InChI=1S/C21H36N6O2S/c1-25(2)20(28)17-24-21(22-7-10-26-11-13-29-14-12-26)23-16-18(19-6-5-15-30-19)27-8-3-4-9-27/h5-6,15,18H,3-4,7-14,16-17H2,1-2H3,(H2,22,23,24). The molecule has 1 atom stereocenters. The lowest BCUT2D eigenvalue weighted by Crippen LogP contribution is -2.46. The Hall–Kier alpha value is -1.68. The lowest BCUT2D eigenvalue weighted by molar-refractivity contribution is -0.127. The Kier molecular flexibility index (Phi) is 9.38. The van der Waals surface area contributed by atoms with Gasteiger partial charge < -0.3 is 20.3 Å². The second-order valence-electron chi connectivity index (χ2n) is 7.99. The Morgan fingerprint density at radius 1 is 1.23 bits per heavy atom. The van der Waals surface area contributed by atoms with Gasteiger partial charge in [-0.1, -0.05) is 6.07 Å². The summed E-state index contributed by atoms with van der Waals surface area (Å²) in [5, 5.41) is 9.07. The maximum Gasteiger partial charge on any atom is 0.243 e. The minimum absolute atomic E-state index is 0.00127. The predicted molar refractivity (Wildman–Crippen MR) is 122 cm³/mol. The van der Waals surface area contributed by atoms with Crippen molar-refractivity contribution >= 4 is 23.2 Å². The van der Waals surface area contributed by atoms with Gasteiger partial charge in [-0.15, -0.1) is 11.3 Å². The van der Waals surface area contributed by atoms with Gasteiger partial charge in [0, 0.05) is 51.7 Å². The summed E-state index contributed by atoms with van der Waals surface area (Å²) in [6.45, 7) is 8.46. The summed E-state index contributed by atoms with van der Waals surface area (Å²) in [4.78, 5) is 24.5. The molecule has 1 unspecified atom stereocenters. The summed E-state index contributed by atoms with van der Waals surface area (Å²) < 4.78 is 5.42. The second-order valence-corrected chi connectivity index (χ2v) is 8.97. The Bertz CT molecular complexity index is 654. The number of morpholine rings is 1. The van der Waals surface area contributed by atoms with Crippen LogP contribution < -0.4 is 10.6 Å². The minimum Gasteiger partial charge on any atom is -0.379 e. The number of hydrogen-bond donors (Lipinski definition) is 2. The Morgan fingerprint density at radius 3 is 2.67 bits per heavy atom. The first-order chi connectivity index (χ1) is 14.6. The van der Waals surface area contributed by atoms with Crippen LogP contribution in [-0.4, -0.2) is 106 Å². The molecule has 3 rings (SSSR count). The van der Waals surface area contributed by atoms with Gasteiger partial charge in [-0.2, -0.15) is 0 Å². The zero-order valence-corrected chi connectivity index (χ0v) is 19.1. The van der Waals surface area contributed by atoms with Gasteiger partial charge in [0.15, 0.2) is 5.96 Å². The fourth-order valence-electron chi connectivity index (χ4n) is 3.76. The quantitative estimate of drug-likeness (QED) is 0.442. The van der Waals surface area contributed by atoms with E-state index in [1.54, 1.807) is 19.0 Å². The Balaban J connectivity index is 1.57. The number of ether oxygens (including phenoxy) is 1. The van der Waals surface area contributed by atoms with Gasteiger partial charge in [-0.3, -0.25) is 14.6 Å². The minimum atomic E-state index is -0.00127. The average Bonchev–Trinajstić information content (AvgIpc) is 3.47. The van der Waals surface area contributed by atoms with Crippen molar-refractivity contribution in [1.82, 2.24) is 25.3 Å². The van der Waals surface area contributed by atoms with Crippen molar-refractivity contribution in [3.8, 4) is 0 Å². The molecule has 3 heterocycles. The first kappa shape index (κ1) is 23.0. The number of aliphatic imine (C=N–C) groups is 1. The van der Waals surface area contributed by atoms with E-state index < -0.39 is 0 Å². The van der Waals surface area contributed by atoms with Gasteiger partial charge in [0.2, 0.25) is 5.91 Å². The molecule has 1 aromatic rings. The number of rotatable bonds is 9. The highest BCUT2D eigenvalue weighted by atomic mass is 32.1. The van der Waals surface area contributed by atoms with Crippen LogP contribution in [0.3, 0.4) is 0 Å². The summed E-state index contributed by atoms with van der Waals surface area (Å²) in [5.41, 5.74) is 0. The van der Waals surface area contributed by atoms with E-state index in [-0.39, 0.29) is 12.5 Å². The lowest BCUT2D eigenvalue weighted by Gasteiger charge is -2.28. The fourth-order valence-corrected chi connectivity index (χ4v) is 4.62. The average molecular weight is 437 g/mol.